The Bertz CT molecular complexity index is 1090. The summed E-state index contributed by atoms with van der Waals surface area (Å²) in [5.41, 5.74) is -0.610. The average molecular weight is 392 g/mol. The maximum atomic E-state index is 12.6. The van der Waals surface area contributed by atoms with Crippen LogP contribution in [0.15, 0.2) is 41.2 Å². The van der Waals surface area contributed by atoms with Crippen LogP contribution in [0.5, 0.6) is 0 Å². The van der Waals surface area contributed by atoms with Crippen molar-refractivity contribution < 1.29 is 9.72 Å². The summed E-state index contributed by atoms with van der Waals surface area (Å²) in [6.07, 6.45) is 0. The van der Waals surface area contributed by atoms with Gasteiger partial charge in [0.15, 0.2) is 5.78 Å². The lowest BCUT2D eigenvalue weighted by atomic mass is 9.96. The number of nitro groups is 1. The minimum Gasteiger partial charge on any atom is -0.313 e. The minimum atomic E-state index is -0.859. The Hall–Kier alpha value is -2.77. The van der Waals surface area contributed by atoms with Crippen LogP contribution in [0.1, 0.15) is 28.9 Å². The number of H-pyrrole nitrogens is 1. The first-order valence-corrected chi connectivity index (χ1v) is 8.21. The number of carbonyl (C=O) groups excluding carboxylic acids is 1. The number of nitrogens with one attached hydrogen (secondary N) is 1. The van der Waals surface area contributed by atoms with Gasteiger partial charge in [-0.1, -0.05) is 23.2 Å². The topological polar surface area (TPSA) is 106 Å². The van der Waals surface area contributed by atoms with E-state index in [-0.39, 0.29) is 33.2 Å². The van der Waals surface area contributed by atoms with Crippen molar-refractivity contribution >= 4 is 45.7 Å². The second-order valence-corrected chi connectivity index (χ2v) is 6.49. The number of hydrogen-bond acceptors (Lipinski definition) is 5. The van der Waals surface area contributed by atoms with Crippen LogP contribution >= 0.6 is 23.2 Å². The summed E-state index contributed by atoms with van der Waals surface area (Å²) >= 11 is 11.7. The van der Waals surface area contributed by atoms with Crippen LogP contribution in [0.4, 0.5) is 5.69 Å². The quantitative estimate of drug-likeness (QED) is 0.408. The summed E-state index contributed by atoms with van der Waals surface area (Å²) in [6, 6.07) is 8.77. The number of nitrogens with zero attached hydrogens (tertiary/aromatic N) is 2. The van der Waals surface area contributed by atoms with Crippen molar-refractivity contribution in [1.82, 2.24) is 9.97 Å². The van der Waals surface area contributed by atoms with Gasteiger partial charge in [0.2, 0.25) is 0 Å². The summed E-state index contributed by atoms with van der Waals surface area (Å²) < 4.78 is 0. The van der Waals surface area contributed by atoms with Crippen LogP contribution < -0.4 is 5.56 Å². The van der Waals surface area contributed by atoms with Crippen LogP contribution in [0.3, 0.4) is 0 Å². The summed E-state index contributed by atoms with van der Waals surface area (Å²) in [4.78, 5) is 42.1. The Balaban J connectivity index is 2.11. The molecule has 3 rings (SSSR count). The highest BCUT2D eigenvalue weighted by Gasteiger charge is 2.24. The van der Waals surface area contributed by atoms with E-state index in [0.29, 0.717) is 10.6 Å². The van der Waals surface area contributed by atoms with E-state index in [4.69, 9.17) is 23.2 Å². The van der Waals surface area contributed by atoms with Gasteiger partial charge >= 0.3 is 0 Å². The van der Waals surface area contributed by atoms with E-state index in [1.165, 1.54) is 6.07 Å². The molecule has 1 aromatic heterocycles. The number of hydrogen-bond donors (Lipinski definition) is 1. The number of ketones is 1. The van der Waals surface area contributed by atoms with Gasteiger partial charge in [0.1, 0.15) is 11.2 Å². The third kappa shape index (κ3) is 3.31. The molecule has 3 aromatic rings. The largest absolute Gasteiger partial charge is 0.313 e. The molecule has 0 saturated carbocycles. The van der Waals surface area contributed by atoms with Gasteiger partial charge in [-0.2, -0.15) is 0 Å². The summed E-state index contributed by atoms with van der Waals surface area (Å²) in [6.45, 7) is 1.54. The Morgan fingerprint density at radius 1 is 1.19 bits per heavy atom. The Labute approximate surface area is 156 Å². The Morgan fingerprint density at radius 2 is 1.85 bits per heavy atom. The predicted octanol–water partition coefficient (Wildman–Crippen LogP) is 4.12. The second kappa shape index (κ2) is 6.86. The fourth-order valence-corrected chi connectivity index (χ4v) is 2.91. The molecule has 0 bridgehead atoms. The summed E-state index contributed by atoms with van der Waals surface area (Å²) in [7, 11) is 0. The number of benzene rings is 2. The highest BCUT2D eigenvalue weighted by Crippen LogP contribution is 2.27. The van der Waals surface area contributed by atoms with Gasteiger partial charge < -0.3 is 4.98 Å². The van der Waals surface area contributed by atoms with Gasteiger partial charge in [-0.15, -0.1) is 0 Å². The summed E-state index contributed by atoms with van der Waals surface area (Å²) in [5, 5.41) is 11.7. The molecule has 26 heavy (non-hydrogen) atoms. The SMILES string of the molecule is C[C@@H](C(=O)c1ccc(Cl)cc1)c1nc2cc(Cl)cc([N+](=O)[O-])c2[nH]c1=O. The molecule has 0 saturated heterocycles. The van der Waals surface area contributed by atoms with Crippen LogP contribution in [-0.2, 0) is 0 Å². The van der Waals surface area contributed by atoms with Crippen molar-refractivity contribution in [2.75, 3.05) is 0 Å². The second-order valence-electron chi connectivity index (χ2n) is 5.62. The fourth-order valence-electron chi connectivity index (χ4n) is 2.58. The average Bonchev–Trinajstić information content (AvgIpc) is 2.60. The van der Waals surface area contributed by atoms with Crippen molar-refractivity contribution in [3.05, 3.63) is 78.2 Å². The van der Waals surface area contributed by atoms with E-state index < -0.39 is 16.4 Å². The van der Waals surface area contributed by atoms with E-state index in [2.05, 4.69) is 9.97 Å². The van der Waals surface area contributed by atoms with Crippen molar-refractivity contribution in [3.63, 3.8) is 0 Å². The standard InChI is InChI=1S/C17H11Cl2N3O4/c1-8(16(23)9-2-4-10(18)5-3-9)14-17(24)21-15-12(20-14)6-11(19)7-13(15)22(25)26/h2-8H,1H3,(H,21,24)/t8-/m1/s1. The van der Waals surface area contributed by atoms with E-state index in [9.17, 15) is 19.7 Å². The number of nitro benzene ring substituents is 1. The first kappa shape index (κ1) is 18.0. The molecule has 1 atom stereocenters. The molecule has 0 unspecified atom stereocenters. The number of aromatic amines is 1. The van der Waals surface area contributed by atoms with Gasteiger partial charge in [-0.3, -0.25) is 19.7 Å². The number of rotatable bonds is 4. The van der Waals surface area contributed by atoms with Gasteiger partial charge in [-0.05, 0) is 37.3 Å². The zero-order chi connectivity index (χ0) is 19.0. The van der Waals surface area contributed by atoms with Gasteiger partial charge in [-0.25, -0.2) is 4.98 Å². The molecule has 2 aromatic carbocycles. The molecule has 0 aliphatic carbocycles. The zero-order valence-corrected chi connectivity index (χ0v) is 14.8. The van der Waals surface area contributed by atoms with Crippen LogP contribution in [0.2, 0.25) is 10.0 Å². The molecular weight excluding hydrogens is 381 g/mol. The third-order valence-electron chi connectivity index (χ3n) is 3.90. The van der Waals surface area contributed by atoms with Crippen molar-refractivity contribution in [1.29, 1.82) is 0 Å². The zero-order valence-electron chi connectivity index (χ0n) is 13.3. The maximum Gasteiger partial charge on any atom is 0.296 e. The number of non-ortho nitro benzene ring substituents is 1. The molecule has 0 fully saturated rings. The molecule has 7 nitrogen and oxygen atoms in total. The van der Waals surface area contributed by atoms with Gasteiger partial charge in [0.05, 0.1) is 16.4 Å². The lowest BCUT2D eigenvalue weighted by molar-refractivity contribution is -0.383. The fraction of sp³-hybridized carbons (Fsp3) is 0.118. The highest BCUT2D eigenvalue weighted by atomic mass is 35.5. The smallest absolute Gasteiger partial charge is 0.296 e. The lowest BCUT2D eigenvalue weighted by Gasteiger charge is -2.10. The van der Waals surface area contributed by atoms with E-state index in [1.54, 1.807) is 31.2 Å². The third-order valence-corrected chi connectivity index (χ3v) is 4.37. The van der Waals surface area contributed by atoms with E-state index in [0.717, 1.165) is 6.07 Å². The molecule has 0 amide bonds. The molecule has 0 aliphatic heterocycles. The molecular formula is C17H11Cl2N3O4. The predicted molar refractivity (Wildman–Crippen MR) is 98.2 cm³/mol. The molecule has 1 N–H and O–H groups in total. The van der Waals surface area contributed by atoms with Gasteiger partial charge in [0.25, 0.3) is 11.2 Å². The normalized spacial score (nSPS) is 12.1. The van der Waals surface area contributed by atoms with Crippen LogP contribution in [0, 0.1) is 10.1 Å². The Kier molecular flexibility index (Phi) is 4.76. The minimum absolute atomic E-state index is 0.0423. The monoisotopic (exact) mass is 391 g/mol. The first-order chi connectivity index (χ1) is 12.3. The number of Topliss-reactive ketones (excluding diaryl/α,β-unsaturated/α-hetero) is 1. The van der Waals surface area contributed by atoms with Gasteiger partial charge in [0, 0.05) is 21.7 Å². The van der Waals surface area contributed by atoms with E-state index in [1.807, 2.05) is 0 Å². The van der Waals surface area contributed by atoms with Crippen molar-refractivity contribution in [2.24, 2.45) is 0 Å². The number of fused-ring (bicyclic) bond motifs is 1. The number of halogens is 2. The number of aromatic nitrogens is 2. The van der Waals surface area contributed by atoms with Crippen molar-refractivity contribution in [2.45, 2.75) is 12.8 Å². The molecule has 1 heterocycles. The van der Waals surface area contributed by atoms with Crippen LogP contribution in [0.25, 0.3) is 11.0 Å². The lowest BCUT2D eigenvalue weighted by Crippen LogP contribution is -2.22. The maximum absolute atomic E-state index is 12.6. The van der Waals surface area contributed by atoms with Crippen LogP contribution in [-0.4, -0.2) is 20.7 Å². The first-order valence-electron chi connectivity index (χ1n) is 7.45. The van der Waals surface area contributed by atoms with Crippen molar-refractivity contribution in [3.8, 4) is 0 Å². The molecule has 0 radical (unpaired) electrons. The number of carbonyl (C=O) groups is 1. The molecule has 9 heteroatoms. The molecule has 132 valence electrons. The highest BCUT2D eigenvalue weighted by molar-refractivity contribution is 6.31. The molecule has 0 spiro atoms. The van der Waals surface area contributed by atoms with E-state index >= 15 is 0 Å². The molecule has 0 aliphatic rings. The summed E-state index contributed by atoms with van der Waals surface area (Å²) in [5.74, 6) is -1.18. The Morgan fingerprint density at radius 3 is 2.46 bits per heavy atom.